The highest BCUT2D eigenvalue weighted by atomic mass is 16.5. The zero-order valence-corrected chi connectivity index (χ0v) is 11.8. The van der Waals surface area contributed by atoms with E-state index in [1.807, 2.05) is 0 Å². The molecule has 19 heavy (non-hydrogen) atoms. The molecule has 0 spiro atoms. The molecular weight excluding hydrogens is 248 g/mol. The Balaban J connectivity index is 3.92. The highest BCUT2D eigenvalue weighted by Crippen LogP contribution is 2.15. The van der Waals surface area contributed by atoms with Crippen LogP contribution < -0.4 is 0 Å². The first-order valence-corrected chi connectivity index (χ1v) is 6.03. The standard InChI is InChI=1S/C14H22O5/c1-10(2)12(15)18-8-6-14(5,17)7-9-19-13(16)11(3)4/h17H,1,3,6-9H2,2,4-5H3. The molecule has 0 aromatic rings. The molecule has 0 aromatic heterocycles. The number of esters is 2. The van der Waals surface area contributed by atoms with Crippen molar-refractivity contribution in [3.05, 3.63) is 24.3 Å². The molecule has 0 unspecified atom stereocenters. The van der Waals surface area contributed by atoms with Crippen molar-refractivity contribution in [3.8, 4) is 0 Å². The lowest BCUT2D eigenvalue weighted by Gasteiger charge is -2.22. The first-order chi connectivity index (χ1) is 8.65. The Morgan fingerprint density at radius 1 is 1.00 bits per heavy atom. The van der Waals surface area contributed by atoms with E-state index < -0.39 is 17.5 Å². The quantitative estimate of drug-likeness (QED) is 0.537. The van der Waals surface area contributed by atoms with Crippen LogP contribution in [-0.2, 0) is 19.1 Å². The lowest BCUT2D eigenvalue weighted by atomic mass is 9.99. The van der Waals surface area contributed by atoms with E-state index in [1.165, 1.54) is 0 Å². The van der Waals surface area contributed by atoms with Crippen molar-refractivity contribution < 1.29 is 24.2 Å². The van der Waals surface area contributed by atoms with E-state index in [4.69, 9.17) is 9.47 Å². The van der Waals surface area contributed by atoms with Gasteiger partial charge in [-0.3, -0.25) is 0 Å². The van der Waals surface area contributed by atoms with Crippen molar-refractivity contribution >= 4 is 11.9 Å². The second kappa shape index (κ2) is 7.74. The maximum Gasteiger partial charge on any atom is 0.333 e. The summed E-state index contributed by atoms with van der Waals surface area (Å²) in [4.78, 5) is 22.2. The van der Waals surface area contributed by atoms with E-state index in [0.29, 0.717) is 11.1 Å². The summed E-state index contributed by atoms with van der Waals surface area (Å²) in [6.45, 7) is 11.8. The molecule has 0 bridgehead atoms. The van der Waals surface area contributed by atoms with Crippen LogP contribution in [0.15, 0.2) is 24.3 Å². The van der Waals surface area contributed by atoms with Gasteiger partial charge in [-0.1, -0.05) is 13.2 Å². The fourth-order valence-corrected chi connectivity index (χ4v) is 1.10. The molecule has 0 fully saturated rings. The zero-order chi connectivity index (χ0) is 15.1. The molecule has 0 atom stereocenters. The van der Waals surface area contributed by atoms with E-state index in [9.17, 15) is 14.7 Å². The van der Waals surface area contributed by atoms with Gasteiger partial charge >= 0.3 is 11.9 Å². The van der Waals surface area contributed by atoms with Gasteiger partial charge in [0.2, 0.25) is 0 Å². The van der Waals surface area contributed by atoms with E-state index >= 15 is 0 Å². The Morgan fingerprint density at radius 3 is 1.58 bits per heavy atom. The third-order valence-corrected chi connectivity index (χ3v) is 2.44. The third kappa shape index (κ3) is 8.15. The van der Waals surface area contributed by atoms with Gasteiger partial charge in [0, 0.05) is 24.0 Å². The molecule has 0 amide bonds. The number of carbonyl (C=O) groups excluding carboxylic acids is 2. The van der Waals surface area contributed by atoms with Crippen LogP contribution >= 0.6 is 0 Å². The van der Waals surface area contributed by atoms with Crippen LogP contribution in [0.3, 0.4) is 0 Å². The lowest BCUT2D eigenvalue weighted by molar-refractivity contribution is -0.141. The van der Waals surface area contributed by atoms with Gasteiger partial charge in [0.05, 0.1) is 18.8 Å². The SMILES string of the molecule is C=C(C)C(=O)OCCC(C)(O)CCOC(=O)C(=C)C. The van der Waals surface area contributed by atoms with Crippen LogP contribution in [0.5, 0.6) is 0 Å². The van der Waals surface area contributed by atoms with Crippen LogP contribution in [0, 0.1) is 0 Å². The molecule has 5 heteroatoms. The van der Waals surface area contributed by atoms with E-state index in [-0.39, 0.29) is 26.1 Å². The highest BCUT2D eigenvalue weighted by Gasteiger charge is 2.21. The monoisotopic (exact) mass is 270 g/mol. The molecule has 0 heterocycles. The maximum atomic E-state index is 11.1. The number of carbonyl (C=O) groups is 2. The molecule has 0 aliphatic rings. The number of aliphatic hydroxyl groups is 1. The van der Waals surface area contributed by atoms with Crippen LogP contribution in [0.1, 0.15) is 33.6 Å². The smallest absolute Gasteiger partial charge is 0.333 e. The second-order valence-corrected chi connectivity index (χ2v) is 4.83. The fraction of sp³-hybridized carbons (Fsp3) is 0.571. The molecular formula is C14H22O5. The van der Waals surface area contributed by atoms with Gasteiger partial charge in [-0.25, -0.2) is 9.59 Å². The molecule has 0 aromatic carbocycles. The van der Waals surface area contributed by atoms with E-state index in [2.05, 4.69) is 13.2 Å². The van der Waals surface area contributed by atoms with Crippen LogP contribution in [-0.4, -0.2) is 35.9 Å². The van der Waals surface area contributed by atoms with Crippen molar-refractivity contribution in [2.75, 3.05) is 13.2 Å². The summed E-state index contributed by atoms with van der Waals surface area (Å²) in [5.41, 5.74) is -0.435. The topological polar surface area (TPSA) is 72.8 Å². The first kappa shape index (κ1) is 17.4. The molecule has 108 valence electrons. The molecule has 0 saturated heterocycles. The Morgan fingerprint density at radius 2 is 1.32 bits per heavy atom. The van der Waals surface area contributed by atoms with Crippen molar-refractivity contribution in [2.24, 2.45) is 0 Å². The summed E-state index contributed by atoms with van der Waals surface area (Å²) in [7, 11) is 0. The summed E-state index contributed by atoms with van der Waals surface area (Å²) in [5.74, 6) is -0.964. The van der Waals surface area contributed by atoms with Gasteiger partial charge in [0.1, 0.15) is 0 Å². The highest BCUT2D eigenvalue weighted by molar-refractivity contribution is 5.87. The Labute approximate surface area is 113 Å². The number of hydrogen-bond acceptors (Lipinski definition) is 5. The van der Waals surface area contributed by atoms with E-state index in [1.54, 1.807) is 20.8 Å². The molecule has 0 aliphatic carbocycles. The summed E-state index contributed by atoms with van der Waals surface area (Å²) in [5, 5.41) is 9.99. The number of ether oxygens (including phenoxy) is 2. The molecule has 1 N–H and O–H groups in total. The maximum absolute atomic E-state index is 11.1. The predicted octanol–water partition coefficient (Wildman–Crippen LogP) is 1.76. The summed E-state index contributed by atoms with van der Waals surface area (Å²) in [6.07, 6.45) is 0.521. The third-order valence-electron chi connectivity index (χ3n) is 2.44. The Bertz CT molecular complexity index is 334. The summed E-state index contributed by atoms with van der Waals surface area (Å²) in [6, 6.07) is 0. The molecule has 0 saturated carbocycles. The number of rotatable bonds is 8. The van der Waals surface area contributed by atoms with Crippen molar-refractivity contribution in [1.29, 1.82) is 0 Å². The van der Waals surface area contributed by atoms with Gasteiger partial charge in [-0.15, -0.1) is 0 Å². The average Bonchev–Trinajstić information content (AvgIpc) is 2.27. The summed E-state index contributed by atoms with van der Waals surface area (Å²) >= 11 is 0. The second-order valence-electron chi connectivity index (χ2n) is 4.83. The average molecular weight is 270 g/mol. The molecule has 0 aliphatic heterocycles. The predicted molar refractivity (Wildman–Crippen MR) is 71.4 cm³/mol. The van der Waals surface area contributed by atoms with Crippen molar-refractivity contribution in [1.82, 2.24) is 0 Å². The Kier molecular flexibility index (Phi) is 7.08. The minimum Gasteiger partial charge on any atom is -0.462 e. The van der Waals surface area contributed by atoms with Crippen LogP contribution in [0.2, 0.25) is 0 Å². The van der Waals surface area contributed by atoms with Crippen LogP contribution in [0.25, 0.3) is 0 Å². The molecule has 0 rings (SSSR count). The van der Waals surface area contributed by atoms with Gasteiger partial charge in [0.25, 0.3) is 0 Å². The first-order valence-electron chi connectivity index (χ1n) is 6.03. The summed E-state index contributed by atoms with van der Waals surface area (Å²) < 4.78 is 9.77. The Hall–Kier alpha value is -1.62. The minimum atomic E-state index is -1.06. The van der Waals surface area contributed by atoms with E-state index in [0.717, 1.165) is 0 Å². The fourth-order valence-electron chi connectivity index (χ4n) is 1.10. The van der Waals surface area contributed by atoms with Gasteiger partial charge < -0.3 is 14.6 Å². The molecule has 5 nitrogen and oxygen atoms in total. The van der Waals surface area contributed by atoms with Crippen LogP contribution in [0.4, 0.5) is 0 Å². The van der Waals surface area contributed by atoms with Gasteiger partial charge in [-0.05, 0) is 20.8 Å². The largest absolute Gasteiger partial charge is 0.462 e. The van der Waals surface area contributed by atoms with Gasteiger partial charge in [0.15, 0.2) is 0 Å². The zero-order valence-electron chi connectivity index (χ0n) is 11.8. The lowest BCUT2D eigenvalue weighted by Crippen LogP contribution is -2.29. The number of hydrogen-bond donors (Lipinski definition) is 1. The molecule has 0 radical (unpaired) electrons. The normalized spacial score (nSPS) is 10.7. The van der Waals surface area contributed by atoms with Crippen molar-refractivity contribution in [3.63, 3.8) is 0 Å². The van der Waals surface area contributed by atoms with Gasteiger partial charge in [-0.2, -0.15) is 0 Å². The minimum absolute atomic E-state index is 0.0904. The van der Waals surface area contributed by atoms with Crippen molar-refractivity contribution in [2.45, 2.75) is 39.2 Å².